The molecule has 3 nitrogen and oxygen atoms in total. The van der Waals surface area contributed by atoms with Crippen LogP contribution in [0.2, 0.25) is 0 Å². The highest BCUT2D eigenvalue weighted by Gasteiger charge is 2.32. The van der Waals surface area contributed by atoms with E-state index >= 15 is 0 Å². The van der Waals surface area contributed by atoms with Crippen LogP contribution in [0.3, 0.4) is 0 Å². The van der Waals surface area contributed by atoms with Crippen molar-refractivity contribution in [2.45, 2.75) is 26.3 Å². The highest BCUT2D eigenvalue weighted by atomic mass is 79.9. The van der Waals surface area contributed by atoms with Gasteiger partial charge in [0.15, 0.2) is 5.78 Å². The van der Waals surface area contributed by atoms with Crippen molar-refractivity contribution in [1.82, 2.24) is 4.90 Å². The van der Waals surface area contributed by atoms with Gasteiger partial charge in [0.2, 0.25) is 5.91 Å². The second-order valence-electron chi connectivity index (χ2n) is 5.48. The molecule has 0 radical (unpaired) electrons. The molecule has 2 rings (SSSR count). The number of rotatable bonds is 6. The molecule has 24 heavy (non-hydrogen) atoms. The Morgan fingerprint density at radius 3 is 2.12 bits per heavy atom. The van der Waals surface area contributed by atoms with E-state index in [0.717, 1.165) is 20.9 Å². The Kier molecular flexibility index (Phi) is 6.75. The predicted octanol–water partition coefficient (Wildman–Crippen LogP) is 5.39. The molecule has 0 fully saturated rings. The highest BCUT2D eigenvalue weighted by Crippen LogP contribution is 2.33. The van der Waals surface area contributed by atoms with Crippen molar-refractivity contribution in [3.8, 4) is 0 Å². The van der Waals surface area contributed by atoms with Crippen LogP contribution in [0.25, 0.3) is 0 Å². The molecule has 0 heterocycles. The number of Topliss-reactive ketones (excluding diaryl/α,β-unsaturated/α-hetero) is 1. The van der Waals surface area contributed by atoms with E-state index in [1.807, 2.05) is 49.4 Å². The molecule has 2 aromatic carbocycles. The van der Waals surface area contributed by atoms with Gasteiger partial charge < -0.3 is 4.90 Å². The monoisotopic (exact) mass is 451 g/mol. The Morgan fingerprint density at radius 2 is 1.58 bits per heavy atom. The molecule has 0 aromatic heterocycles. The number of amides is 1. The van der Waals surface area contributed by atoms with Crippen LogP contribution in [0.5, 0.6) is 0 Å². The second kappa shape index (κ2) is 8.58. The third kappa shape index (κ3) is 4.14. The minimum absolute atomic E-state index is 0.0991. The Balaban J connectivity index is 2.58. The SMILES string of the molecule is CCCN(C(C)=O)C(C(=O)c1ccccc1Br)c1ccccc1Br. The van der Waals surface area contributed by atoms with Gasteiger partial charge in [0, 0.05) is 28.0 Å². The lowest BCUT2D eigenvalue weighted by molar-refractivity contribution is -0.130. The fourth-order valence-corrected chi connectivity index (χ4v) is 3.65. The first-order valence-electron chi connectivity index (χ1n) is 7.77. The normalized spacial score (nSPS) is 11.8. The minimum atomic E-state index is -0.656. The van der Waals surface area contributed by atoms with Gasteiger partial charge in [-0.2, -0.15) is 0 Å². The fourth-order valence-electron chi connectivity index (χ4n) is 2.67. The zero-order valence-electron chi connectivity index (χ0n) is 13.6. The number of carbonyl (C=O) groups is 2. The quantitative estimate of drug-likeness (QED) is 0.550. The standard InChI is InChI=1S/C19H19Br2NO2/c1-3-12-22(13(2)23)18(14-8-4-6-10-16(14)20)19(24)15-9-5-7-11-17(15)21/h4-11,18H,3,12H2,1-2H3. The first kappa shape index (κ1) is 18.9. The van der Waals surface area contributed by atoms with Gasteiger partial charge in [-0.15, -0.1) is 0 Å². The number of hydrogen-bond acceptors (Lipinski definition) is 2. The molecule has 1 atom stereocenters. The number of ketones is 1. The van der Waals surface area contributed by atoms with Gasteiger partial charge in [-0.3, -0.25) is 9.59 Å². The van der Waals surface area contributed by atoms with Gasteiger partial charge in [0.05, 0.1) is 0 Å². The topological polar surface area (TPSA) is 37.4 Å². The minimum Gasteiger partial charge on any atom is -0.328 e. The fraction of sp³-hybridized carbons (Fsp3) is 0.263. The van der Waals surface area contributed by atoms with E-state index in [1.54, 1.807) is 11.0 Å². The Morgan fingerprint density at radius 1 is 1.00 bits per heavy atom. The molecular weight excluding hydrogens is 434 g/mol. The average molecular weight is 453 g/mol. The van der Waals surface area contributed by atoms with Crippen molar-refractivity contribution in [1.29, 1.82) is 0 Å². The maximum absolute atomic E-state index is 13.3. The molecule has 5 heteroatoms. The van der Waals surface area contributed by atoms with E-state index in [1.165, 1.54) is 6.92 Å². The number of carbonyl (C=O) groups excluding carboxylic acids is 2. The van der Waals surface area contributed by atoms with Crippen LogP contribution in [0.15, 0.2) is 57.5 Å². The average Bonchev–Trinajstić information content (AvgIpc) is 2.56. The third-order valence-corrected chi connectivity index (χ3v) is 5.18. The van der Waals surface area contributed by atoms with Crippen molar-refractivity contribution < 1.29 is 9.59 Å². The maximum atomic E-state index is 13.3. The summed E-state index contributed by atoms with van der Waals surface area (Å²) in [5.41, 5.74) is 1.36. The number of nitrogens with zero attached hydrogens (tertiary/aromatic N) is 1. The van der Waals surface area contributed by atoms with Crippen LogP contribution in [0, 0.1) is 0 Å². The molecule has 1 unspecified atom stereocenters. The van der Waals surface area contributed by atoms with E-state index in [-0.39, 0.29) is 11.7 Å². The summed E-state index contributed by atoms with van der Waals surface area (Å²) in [6, 6.07) is 14.2. The van der Waals surface area contributed by atoms with Crippen LogP contribution in [-0.2, 0) is 4.79 Å². The van der Waals surface area contributed by atoms with Crippen LogP contribution in [0.1, 0.15) is 42.2 Å². The Labute approximate surface area is 159 Å². The van der Waals surface area contributed by atoms with Crippen LogP contribution in [-0.4, -0.2) is 23.1 Å². The van der Waals surface area contributed by atoms with Crippen LogP contribution < -0.4 is 0 Å². The van der Waals surface area contributed by atoms with E-state index in [4.69, 9.17) is 0 Å². The van der Waals surface area contributed by atoms with E-state index in [9.17, 15) is 9.59 Å². The molecule has 0 saturated carbocycles. The molecule has 0 spiro atoms. The number of halogens is 2. The van der Waals surface area contributed by atoms with Gasteiger partial charge in [0.1, 0.15) is 6.04 Å². The third-order valence-electron chi connectivity index (χ3n) is 3.77. The van der Waals surface area contributed by atoms with Gasteiger partial charge in [0.25, 0.3) is 0 Å². The van der Waals surface area contributed by atoms with E-state index in [0.29, 0.717) is 12.1 Å². The zero-order chi connectivity index (χ0) is 17.7. The number of benzene rings is 2. The molecular formula is C19H19Br2NO2. The van der Waals surface area contributed by atoms with Crippen molar-refractivity contribution in [2.24, 2.45) is 0 Å². The molecule has 0 aliphatic carbocycles. The van der Waals surface area contributed by atoms with Crippen molar-refractivity contribution >= 4 is 43.6 Å². The van der Waals surface area contributed by atoms with Gasteiger partial charge in [-0.1, -0.05) is 75.2 Å². The van der Waals surface area contributed by atoms with Crippen molar-refractivity contribution in [3.63, 3.8) is 0 Å². The molecule has 0 N–H and O–H groups in total. The molecule has 126 valence electrons. The molecule has 2 aromatic rings. The smallest absolute Gasteiger partial charge is 0.220 e. The van der Waals surface area contributed by atoms with Gasteiger partial charge in [-0.25, -0.2) is 0 Å². The predicted molar refractivity (Wildman–Crippen MR) is 103 cm³/mol. The van der Waals surface area contributed by atoms with Gasteiger partial charge in [-0.05, 0) is 24.1 Å². The highest BCUT2D eigenvalue weighted by molar-refractivity contribution is 9.10. The molecule has 0 saturated heterocycles. The van der Waals surface area contributed by atoms with Crippen molar-refractivity contribution in [2.75, 3.05) is 6.54 Å². The van der Waals surface area contributed by atoms with E-state index < -0.39 is 6.04 Å². The summed E-state index contributed by atoms with van der Waals surface area (Å²) in [4.78, 5) is 27.2. The molecule has 0 bridgehead atoms. The molecule has 0 aliphatic heterocycles. The summed E-state index contributed by atoms with van der Waals surface area (Å²) in [5, 5.41) is 0. The summed E-state index contributed by atoms with van der Waals surface area (Å²) < 4.78 is 1.55. The largest absolute Gasteiger partial charge is 0.328 e. The second-order valence-corrected chi connectivity index (χ2v) is 7.19. The lowest BCUT2D eigenvalue weighted by Gasteiger charge is -2.31. The van der Waals surface area contributed by atoms with Gasteiger partial charge >= 0.3 is 0 Å². The Hall–Kier alpha value is -1.46. The summed E-state index contributed by atoms with van der Waals surface area (Å²) >= 11 is 6.97. The zero-order valence-corrected chi connectivity index (χ0v) is 16.8. The van der Waals surface area contributed by atoms with Crippen LogP contribution >= 0.6 is 31.9 Å². The molecule has 1 amide bonds. The molecule has 0 aliphatic rings. The summed E-state index contributed by atoms with van der Waals surface area (Å²) in [5.74, 6) is -0.212. The van der Waals surface area contributed by atoms with E-state index in [2.05, 4.69) is 31.9 Å². The lowest BCUT2D eigenvalue weighted by Crippen LogP contribution is -2.38. The summed E-state index contributed by atoms with van der Waals surface area (Å²) in [6.45, 7) is 4.03. The van der Waals surface area contributed by atoms with Crippen molar-refractivity contribution in [3.05, 3.63) is 68.6 Å². The lowest BCUT2D eigenvalue weighted by atomic mass is 9.95. The Bertz CT molecular complexity index is 746. The maximum Gasteiger partial charge on any atom is 0.220 e. The first-order chi connectivity index (χ1) is 11.5. The summed E-state index contributed by atoms with van der Waals surface area (Å²) in [6.07, 6.45) is 0.782. The first-order valence-corrected chi connectivity index (χ1v) is 9.36. The summed E-state index contributed by atoms with van der Waals surface area (Å²) in [7, 11) is 0. The number of hydrogen-bond donors (Lipinski definition) is 0. The van der Waals surface area contributed by atoms with Crippen LogP contribution in [0.4, 0.5) is 0 Å².